The Balaban J connectivity index is 1.91. The van der Waals surface area contributed by atoms with E-state index in [0.717, 1.165) is 29.2 Å². The molecule has 5 heteroatoms. The van der Waals surface area contributed by atoms with Gasteiger partial charge in [0.05, 0.1) is 0 Å². The predicted octanol–water partition coefficient (Wildman–Crippen LogP) is 2.17. The van der Waals surface area contributed by atoms with Crippen LogP contribution >= 0.6 is 23.4 Å². The zero-order chi connectivity index (χ0) is 13.2. The maximum atomic E-state index is 11.5. The molecule has 0 radical (unpaired) electrons. The smallest absolute Gasteiger partial charge is 0.238 e. The predicted molar refractivity (Wildman–Crippen MR) is 76.5 cm³/mol. The molecule has 0 heterocycles. The Bertz CT molecular complexity index is 450. The lowest BCUT2D eigenvalue weighted by Gasteiger charge is -2.25. The summed E-state index contributed by atoms with van der Waals surface area (Å²) in [7, 11) is 0. The normalized spacial score (nSPS) is 18.3. The van der Waals surface area contributed by atoms with Gasteiger partial charge in [-0.1, -0.05) is 29.8 Å². The number of amides is 1. The Labute approximate surface area is 116 Å². The van der Waals surface area contributed by atoms with E-state index in [2.05, 4.69) is 0 Å². The van der Waals surface area contributed by atoms with Crippen LogP contribution < -0.4 is 11.5 Å². The van der Waals surface area contributed by atoms with Gasteiger partial charge in [0.1, 0.15) is 5.54 Å². The zero-order valence-electron chi connectivity index (χ0n) is 10.1. The maximum absolute atomic E-state index is 11.5. The molecule has 0 aliphatic heterocycles. The van der Waals surface area contributed by atoms with Gasteiger partial charge < -0.3 is 11.5 Å². The first-order valence-corrected chi connectivity index (χ1v) is 7.47. The van der Waals surface area contributed by atoms with E-state index in [1.54, 1.807) is 11.8 Å². The second-order valence-corrected chi connectivity index (χ2v) is 6.16. The number of carbonyl (C=O) groups is 1. The van der Waals surface area contributed by atoms with E-state index in [0.29, 0.717) is 5.75 Å². The van der Waals surface area contributed by atoms with Crippen LogP contribution in [0.5, 0.6) is 0 Å². The summed E-state index contributed by atoms with van der Waals surface area (Å²) in [5, 5.41) is 0.748. The van der Waals surface area contributed by atoms with Crippen LogP contribution in [0.4, 0.5) is 0 Å². The van der Waals surface area contributed by atoms with E-state index in [1.807, 2.05) is 24.3 Å². The lowest BCUT2D eigenvalue weighted by atomic mass is 9.96. The Morgan fingerprint density at radius 3 is 2.67 bits per heavy atom. The SMILES string of the molecule is NC(=O)C(N)(CSCc1ccccc1Cl)C1CC1. The summed E-state index contributed by atoms with van der Waals surface area (Å²) in [5.74, 6) is 1.17. The van der Waals surface area contributed by atoms with Crippen molar-refractivity contribution in [1.82, 2.24) is 0 Å². The van der Waals surface area contributed by atoms with Crippen molar-refractivity contribution < 1.29 is 4.79 Å². The highest BCUT2D eigenvalue weighted by Gasteiger charge is 2.46. The number of halogens is 1. The maximum Gasteiger partial charge on any atom is 0.238 e. The number of hydrogen-bond acceptors (Lipinski definition) is 3. The number of primary amides is 1. The summed E-state index contributed by atoms with van der Waals surface area (Å²) in [6, 6.07) is 7.70. The molecular formula is C13H17ClN2OS. The van der Waals surface area contributed by atoms with E-state index in [9.17, 15) is 4.79 Å². The second kappa shape index (κ2) is 5.51. The molecule has 1 aromatic rings. The van der Waals surface area contributed by atoms with Crippen LogP contribution in [0.25, 0.3) is 0 Å². The van der Waals surface area contributed by atoms with E-state index >= 15 is 0 Å². The third-order valence-electron chi connectivity index (χ3n) is 3.32. The molecule has 4 N–H and O–H groups in total. The molecule has 0 aromatic heterocycles. The molecule has 0 bridgehead atoms. The minimum Gasteiger partial charge on any atom is -0.368 e. The van der Waals surface area contributed by atoms with Crippen LogP contribution in [-0.4, -0.2) is 17.2 Å². The molecule has 1 unspecified atom stereocenters. The third kappa shape index (κ3) is 2.99. The van der Waals surface area contributed by atoms with Crippen LogP contribution in [-0.2, 0) is 10.5 Å². The molecule has 1 fully saturated rings. The fourth-order valence-corrected chi connectivity index (χ4v) is 3.51. The standard InChI is InChI=1S/C13H17ClN2OS/c14-11-4-2-1-3-9(11)7-18-8-13(16,12(15)17)10-5-6-10/h1-4,10H,5-8,16H2,(H2,15,17). The minimum atomic E-state index is -0.855. The van der Waals surface area contributed by atoms with Crippen molar-refractivity contribution in [2.24, 2.45) is 17.4 Å². The van der Waals surface area contributed by atoms with Gasteiger partial charge in [0.2, 0.25) is 5.91 Å². The fourth-order valence-electron chi connectivity index (χ4n) is 1.93. The van der Waals surface area contributed by atoms with Gasteiger partial charge in [-0.2, -0.15) is 11.8 Å². The largest absolute Gasteiger partial charge is 0.368 e. The molecule has 1 atom stereocenters. The monoisotopic (exact) mass is 284 g/mol. The Morgan fingerprint density at radius 1 is 1.44 bits per heavy atom. The van der Waals surface area contributed by atoms with Crippen molar-refractivity contribution in [1.29, 1.82) is 0 Å². The first kappa shape index (κ1) is 13.7. The number of carbonyl (C=O) groups excluding carboxylic acids is 1. The highest BCUT2D eigenvalue weighted by Crippen LogP contribution is 2.40. The van der Waals surface area contributed by atoms with Gasteiger partial charge in [-0.3, -0.25) is 4.79 Å². The molecule has 3 nitrogen and oxygen atoms in total. The second-order valence-electron chi connectivity index (χ2n) is 4.76. The molecule has 18 heavy (non-hydrogen) atoms. The quantitative estimate of drug-likeness (QED) is 0.841. The van der Waals surface area contributed by atoms with Crippen LogP contribution in [0.2, 0.25) is 5.02 Å². The molecule has 1 aromatic carbocycles. The number of rotatable bonds is 6. The summed E-state index contributed by atoms with van der Waals surface area (Å²) < 4.78 is 0. The third-order valence-corrected chi connectivity index (χ3v) is 4.89. The van der Waals surface area contributed by atoms with Crippen LogP contribution in [0.3, 0.4) is 0 Å². The molecule has 1 amide bonds. The van der Waals surface area contributed by atoms with Crippen LogP contribution in [0.1, 0.15) is 18.4 Å². The summed E-state index contributed by atoms with van der Waals surface area (Å²) in [4.78, 5) is 11.5. The summed E-state index contributed by atoms with van der Waals surface area (Å²) in [5.41, 5.74) is 11.7. The zero-order valence-corrected chi connectivity index (χ0v) is 11.6. The highest BCUT2D eigenvalue weighted by molar-refractivity contribution is 7.98. The van der Waals surface area contributed by atoms with Crippen LogP contribution in [0, 0.1) is 5.92 Å². The lowest BCUT2D eigenvalue weighted by molar-refractivity contribution is -0.123. The topological polar surface area (TPSA) is 69.1 Å². The van der Waals surface area contributed by atoms with Crippen molar-refractivity contribution in [3.8, 4) is 0 Å². The van der Waals surface area contributed by atoms with Gasteiger partial charge in [-0.05, 0) is 30.4 Å². The molecule has 0 saturated heterocycles. The first-order chi connectivity index (χ1) is 8.54. The fraction of sp³-hybridized carbons (Fsp3) is 0.462. The van der Waals surface area contributed by atoms with Crippen molar-refractivity contribution in [2.45, 2.75) is 24.1 Å². The van der Waals surface area contributed by atoms with E-state index in [1.165, 1.54) is 0 Å². The number of benzene rings is 1. The molecule has 98 valence electrons. The van der Waals surface area contributed by atoms with Gasteiger partial charge in [-0.15, -0.1) is 0 Å². The molecule has 1 aliphatic carbocycles. The van der Waals surface area contributed by atoms with E-state index in [-0.39, 0.29) is 5.92 Å². The van der Waals surface area contributed by atoms with Crippen molar-refractivity contribution in [3.05, 3.63) is 34.9 Å². The van der Waals surface area contributed by atoms with Gasteiger partial charge in [0.15, 0.2) is 0 Å². The summed E-state index contributed by atoms with van der Waals surface area (Å²) in [6.07, 6.45) is 2.01. The average molecular weight is 285 g/mol. The van der Waals surface area contributed by atoms with E-state index in [4.69, 9.17) is 23.1 Å². The molecule has 1 aliphatic rings. The molecule has 0 spiro atoms. The van der Waals surface area contributed by atoms with Crippen molar-refractivity contribution in [3.63, 3.8) is 0 Å². The Hall–Kier alpha value is -0.710. The van der Waals surface area contributed by atoms with E-state index < -0.39 is 11.4 Å². The number of nitrogens with two attached hydrogens (primary N) is 2. The Morgan fingerprint density at radius 2 is 2.11 bits per heavy atom. The Kier molecular flexibility index (Phi) is 4.20. The van der Waals surface area contributed by atoms with Gasteiger partial charge >= 0.3 is 0 Å². The lowest BCUT2D eigenvalue weighted by Crippen LogP contribution is -2.56. The molecular weight excluding hydrogens is 268 g/mol. The molecule has 1 saturated carbocycles. The number of hydrogen-bond donors (Lipinski definition) is 2. The van der Waals surface area contributed by atoms with Crippen LogP contribution in [0.15, 0.2) is 24.3 Å². The minimum absolute atomic E-state index is 0.258. The summed E-state index contributed by atoms with van der Waals surface area (Å²) in [6.45, 7) is 0. The van der Waals surface area contributed by atoms with Gasteiger partial charge in [0, 0.05) is 16.5 Å². The van der Waals surface area contributed by atoms with Gasteiger partial charge in [-0.25, -0.2) is 0 Å². The molecule has 2 rings (SSSR count). The average Bonchev–Trinajstić information content (AvgIpc) is 3.15. The van der Waals surface area contributed by atoms with Crippen molar-refractivity contribution >= 4 is 29.3 Å². The van der Waals surface area contributed by atoms with Crippen molar-refractivity contribution in [2.75, 3.05) is 5.75 Å². The number of thioether (sulfide) groups is 1. The first-order valence-electron chi connectivity index (χ1n) is 5.94. The van der Waals surface area contributed by atoms with Gasteiger partial charge in [0.25, 0.3) is 0 Å². The summed E-state index contributed by atoms with van der Waals surface area (Å²) >= 11 is 7.69. The highest BCUT2D eigenvalue weighted by atomic mass is 35.5.